The number of aliphatic hydroxyl groups excluding tert-OH is 1. The minimum atomic E-state index is -3.66. The van der Waals surface area contributed by atoms with E-state index >= 15 is 0 Å². The quantitative estimate of drug-likeness (QED) is 0.571. The number of fused-ring (bicyclic) bond motifs is 2. The molecule has 0 aliphatic carbocycles. The van der Waals surface area contributed by atoms with E-state index in [1.807, 2.05) is 0 Å². The number of carboxylic acid groups (broad SMARTS) is 1. The summed E-state index contributed by atoms with van der Waals surface area (Å²) in [4.78, 5) is 24.1. The molecule has 0 saturated carbocycles. The molecule has 0 radical (unpaired) electrons. The van der Waals surface area contributed by atoms with Crippen LogP contribution in [0.2, 0.25) is 0 Å². The molecule has 8 nitrogen and oxygen atoms in total. The Morgan fingerprint density at radius 3 is 2.57 bits per heavy atom. The second-order valence-electron chi connectivity index (χ2n) is 6.14. The summed E-state index contributed by atoms with van der Waals surface area (Å²) in [5.41, 5.74) is -0.489. The third-order valence-corrected chi connectivity index (χ3v) is 6.04. The maximum absolute atomic E-state index is 13.0. The van der Waals surface area contributed by atoms with Gasteiger partial charge in [-0.25, -0.2) is 13.2 Å². The fourth-order valence-electron chi connectivity index (χ4n) is 2.86. The van der Waals surface area contributed by atoms with Crippen molar-refractivity contribution < 1.29 is 32.6 Å². The monoisotopic (exact) mass is 406 g/mol. The molecule has 3 aromatic rings. The molecule has 0 fully saturated rings. The highest BCUT2D eigenvalue weighted by Crippen LogP contribution is 2.31. The summed E-state index contributed by atoms with van der Waals surface area (Å²) in [6.45, 7) is 1.29. The number of ether oxygens (including phenoxy) is 1. The van der Waals surface area contributed by atoms with Gasteiger partial charge in [-0.1, -0.05) is 6.92 Å². The van der Waals surface area contributed by atoms with Crippen LogP contribution in [0.1, 0.15) is 23.7 Å². The molecule has 0 amide bonds. The molecule has 1 heterocycles. The summed E-state index contributed by atoms with van der Waals surface area (Å²) in [5, 5.41) is 18.2. The number of hydrogen-bond donors (Lipinski definition) is 2. The van der Waals surface area contributed by atoms with Crippen molar-refractivity contribution in [1.82, 2.24) is 0 Å². The molecule has 1 aromatic heterocycles. The topological polar surface area (TPSA) is 131 Å². The molecular weight excluding hydrogens is 388 g/mol. The number of sulfone groups is 1. The van der Waals surface area contributed by atoms with Crippen LogP contribution < -0.4 is 10.2 Å². The Bertz CT molecular complexity index is 1220. The normalized spacial score (nSPS) is 11.8. The van der Waals surface area contributed by atoms with Gasteiger partial charge in [0.1, 0.15) is 12.2 Å². The Kier molecular flexibility index (Phi) is 5.39. The van der Waals surface area contributed by atoms with Gasteiger partial charge in [0.05, 0.1) is 33.6 Å². The van der Waals surface area contributed by atoms with E-state index in [-0.39, 0.29) is 57.1 Å². The molecule has 0 unspecified atom stereocenters. The van der Waals surface area contributed by atoms with E-state index in [4.69, 9.17) is 19.4 Å². The van der Waals surface area contributed by atoms with Gasteiger partial charge < -0.3 is 19.4 Å². The Morgan fingerprint density at radius 2 is 1.93 bits per heavy atom. The number of benzene rings is 2. The molecule has 2 N–H and O–H groups in total. The van der Waals surface area contributed by atoms with Crippen molar-refractivity contribution >= 4 is 37.7 Å². The van der Waals surface area contributed by atoms with Crippen LogP contribution in [-0.2, 0) is 9.84 Å². The van der Waals surface area contributed by atoms with Gasteiger partial charge in [0.15, 0.2) is 21.2 Å². The van der Waals surface area contributed by atoms with Crippen LogP contribution in [0.25, 0.3) is 21.9 Å². The average Bonchev–Trinajstić information content (AvgIpc) is 2.66. The first-order valence-electron chi connectivity index (χ1n) is 8.53. The van der Waals surface area contributed by atoms with E-state index in [9.17, 15) is 18.0 Å². The molecule has 0 atom stereocenters. The first-order chi connectivity index (χ1) is 13.3. The fraction of sp³-hybridized carbons (Fsp3) is 0.263. The van der Waals surface area contributed by atoms with Crippen molar-refractivity contribution in [3.8, 4) is 5.75 Å². The second-order valence-corrected chi connectivity index (χ2v) is 8.25. The van der Waals surface area contributed by atoms with Crippen molar-refractivity contribution in [2.45, 2.75) is 18.2 Å². The van der Waals surface area contributed by atoms with E-state index in [0.717, 1.165) is 0 Å². The van der Waals surface area contributed by atoms with Gasteiger partial charge in [-0.05, 0) is 30.7 Å². The van der Waals surface area contributed by atoms with Crippen molar-refractivity contribution in [3.05, 3.63) is 46.1 Å². The second kappa shape index (κ2) is 7.61. The van der Waals surface area contributed by atoms with Gasteiger partial charge in [-0.2, -0.15) is 0 Å². The molecule has 148 valence electrons. The van der Waals surface area contributed by atoms with E-state index in [1.165, 1.54) is 30.3 Å². The maximum Gasteiger partial charge on any atom is 0.335 e. The van der Waals surface area contributed by atoms with Crippen molar-refractivity contribution in [2.75, 3.05) is 19.0 Å². The SMILES string of the molecule is CCCS(=O)(=O)c1cc(OCCO)c2oc3ccc(C(=O)O)cc3c(=O)c2c1. The van der Waals surface area contributed by atoms with E-state index in [2.05, 4.69) is 0 Å². The maximum atomic E-state index is 13.0. The highest BCUT2D eigenvalue weighted by Gasteiger charge is 2.21. The van der Waals surface area contributed by atoms with Crippen LogP contribution in [0, 0.1) is 0 Å². The summed E-state index contributed by atoms with van der Waals surface area (Å²) < 4.78 is 36.1. The Morgan fingerprint density at radius 1 is 1.18 bits per heavy atom. The van der Waals surface area contributed by atoms with Crippen LogP contribution in [0.15, 0.2) is 44.4 Å². The summed E-state index contributed by atoms with van der Waals surface area (Å²) in [6.07, 6.45) is 0.390. The minimum absolute atomic E-state index is 0.0162. The first-order valence-corrected chi connectivity index (χ1v) is 10.2. The molecule has 28 heavy (non-hydrogen) atoms. The first kappa shape index (κ1) is 19.8. The van der Waals surface area contributed by atoms with Crippen molar-refractivity contribution in [3.63, 3.8) is 0 Å². The lowest BCUT2D eigenvalue weighted by molar-refractivity contribution is 0.0697. The van der Waals surface area contributed by atoms with Gasteiger partial charge in [0, 0.05) is 6.07 Å². The van der Waals surface area contributed by atoms with Gasteiger partial charge in [-0.3, -0.25) is 4.79 Å². The number of carbonyl (C=O) groups is 1. The van der Waals surface area contributed by atoms with E-state index in [1.54, 1.807) is 6.92 Å². The summed E-state index contributed by atoms with van der Waals surface area (Å²) >= 11 is 0. The largest absolute Gasteiger partial charge is 0.487 e. The smallest absolute Gasteiger partial charge is 0.335 e. The molecule has 0 aliphatic rings. The zero-order chi connectivity index (χ0) is 20.5. The summed E-state index contributed by atoms with van der Waals surface area (Å²) in [6, 6.07) is 6.32. The molecule has 2 aromatic carbocycles. The molecule has 9 heteroatoms. The van der Waals surface area contributed by atoms with Gasteiger partial charge in [0.25, 0.3) is 0 Å². The van der Waals surface area contributed by atoms with Crippen molar-refractivity contribution in [1.29, 1.82) is 0 Å². The van der Waals surface area contributed by atoms with Gasteiger partial charge in [-0.15, -0.1) is 0 Å². The molecule has 0 bridgehead atoms. The zero-order valence-corrected chi connectivity index (χ0v) is 15.8. The van der Waals surface area contributed by atoms with E-state index < -0.39 is 21.2 Å². The number of rotatable bonds is 7. The third kappa shape index (κ3) is 3.58. The fourth-order valence-corrected chi connectivity index (χ4v) is 4.22. The summed E-state index contributed by atoms with van der Waals surface area (Å²) in [5.74, 6) is -1.30. The highest BCUT2D eigenvalue weighted by atomic mass is 32.2. The molecule has 3 rings (SSSR count). The molecule has 0 saturated heterocycles. The lowest BCUT2D eigenvalue weighted by atomic mass is 10.1. The van der Waals surface area contributed by atoms with Crippen LogP contribution in [0.3, 0.4) is 0 Å². The molecular formula is C19H18O8S. The van der Waals surface area contributed by atoms with Crippen LogP contribution in [-0.4, -0.2) is 43.6 Å². The number of carboxylic acids is 1. The minimum Gasteiger partial charge on any atom is -0.487 e. The van der Waals surface area contributed by atoms with E-state index in [0.29, 0.717) is 6.42 Å². The van der Waals surface area contributed by atoms with Crippen LogP contribution in [0.5, 0.6) is 5.75 Å². The lowest BCUT2D eigenvalue weighted by Gasteiger charge is -2.11. The Balaban J connectivity index is 2.38. The van der Waals surface area contributed by atoms with Crippen LogP contribution in [0.4, 0.5) is 0 Å². The van der Waals surface area contributed by atoms with Crippen LogP contribution >= 0.6 is 0 Å². The lowest BCUT2D eigenvalue weighted by Crippen LogP contribution is -2.11. The molecule has 0 spiro atoms. The predicted octanol–water partition coefficient (Wildman–Crippen LogP) is 2.20. The predicted molar refractivity (Wildman–Crippen MR) is 102 cm³/mol. The van der Waals surface area contributed by atoms with Gasteiger partial charge >= 0.3 is 5.97 Å². The Labute approximate surface area is 159 Å². The number of hydrogen-bond acceptors (Lipinski definition) is 7. The molecule has 0 aliphatic heterocycles. The third-order valence-electron chi connectivity index (χ3n) is 4.14. The standard InChI is InChI=1S/C19H18O8S/c1-2-7-28(24,25)12-9-14-17(21)13-8-11(19(22)23)3-4-15(13)27-18(14)16(10-12)26-6-5-20/h3-4,8-10,20H,2,5-7H2,1H3,(H,22,23). The Hall–Kier alpha value is -2.91. The van der Waals surface area contributed by atoms with Crippen molar-refractivity contribution in [2.24, 2.45) is 0 Å². The number of aromatic carboxylic acids is 1. The van der Waals surface area contributed by atoms with Gasteiger partial charge in [0.2, 0.25) is 5.43 Å². The average molecular weight is 406 g/mol. The zero-order valence-electron chi connectivity index (χ0n) is 15.0. The number of aliphatic hydroxyl groups is 1. The highest BCUT2D eigenvalue weighted by molar-refractivity contribution is 7.91. The summed E-state index contributed by atoms with van der Waals surface area (Å²) in [7, 11) is -3.66.